The molecule has 0 spiro atoms. The van der Waals surface area contributed by atoms with Crippen molar-refractivity contribution in [1.82, 2.24) is 20.1 Å². The molecule has 0 aliphatic carbocycles. The first-order chi connectivity index (χ1) is 10.1. The Morgan fingerprint density at radius 3 is 2.71 bits per heavy atom. The largest absolute Gasteiger partial charge is 0.315 e. The van der Waals surface area contributed by atoms with Gasteiger partial charge in [0.2, 0.25) is 0 Å². The summed E-state index contributed by atoms with van der Waals surface area (Å²) in [6.45, 7) is 6.72. The van der Waals surface area contributed by atoms with E-state index in [0.29, 0.717) is 12.3 Å². The van der Waals surface area contributed by atoms with Crippen LogP contribution in [0.3, 0.4) is 0 Å². The summed E-state index contributed by atoms with van der Waals surface area (Å²) in [4.78, 5) is 4.39. The van der Waals surface area contributed by atoms with Crippen LogP contribution in [0.2, 0.25) is 0 Å². The van der Waals surface area contributed by atoms with Gasteiger partial charge in [-0.3, -0.25) is 0 Å². The molecule has 0 unspecified atom stereocenters. The monoisotopic (exact) mass is 288 g/mol. The van der Waals surface area contributed by atoms with Gasteiger partial charge in [0.05, 0.1) is 0 Å². The SMILES string of the molecule is CC(C)Cn1ncnc1CC1(c2ccccc2F)CNC1. The second-order valence-electron chi connectivity index (χ2n) is 6.29. The van der Waals surface area contributed by atoms with Crippen molar-refractivity contribution in [3.05, 3.63) is 47.8 Å². The van der Waals surface area contributed by atoms with Crippen LogP contribution in [0.5, 0.6) is 0 Å². The van der Waals surface area contributed by atoms with Gasteiger partial charge < -0.3 is 5.32 Å². The zero-order chi connectivity index (χ0) is 14.9. The zero-order valence-electron chi connectivity index (χ0n) is 12.5. The molecule has 2 aromatic rings. The average molecular weight is 288 g/mol. The fourth-order valence-corrected chi connectivity index (χ4v) is 2.95. The third-order valence-corrected chi connectivity index (χ3v) is 4.10. The number of nitrogens with zero attached hydrogens (tertiary/aromatic N) is 3. The van der Waals surface area contributed by atoms with E-state index in [-0.39, 0.29) is 11.2 Å². The first-order valence-electron chi connectivity index (χ1n) is 7.43. The molecule has 1 saturated heterocycles. The summed E-state index contributed by atoms with van der Waals surface area (Å²) in [5.74, 6) is 1.32. The molecule has 1 aliphatic heterocycles. The topological polar surface area (TPSA) is 42.7 Å². The number of halogens is 1. The molecule has 1 aromatic carbocycles. The molecular weight excluding hydrogens is 267 g/mol. The van der Waals surface area contributed by atoms with E-state index >= 15 is 0 Å². The maximum atomic E-state index is 14.2. The lowest BCUT2D eigenvalue weighted by atomic mass is 9.72. The van der Waals surface area contributed by atoms with Crippen LogP contribution in [-0.4, -0.2) is 27.9 Å². The van der Waals surface area contributed by atoms with Gasteiger partial charge in [0.15, 0.2) is 0 Å². The third kappa shape index (κ3) is 2.70. The Morgan fingerprint density at radius 2 is 2.10 bits per heavy atom. The van der Waals surface area contributed by atoms with E-state index in [1.807, 2.05) is 16.8 Å². The highest BCUT2D eigenvalue weighted by Gasteiger charge is 2.41. The number of benzene rings is 1. The van der Waals surface area contributed by atoms with Gasteiger partial charge in [-0.1, -0.05) is 32.0 Å². The molecule has 0 amide bonds. The molecule has 21 heavy (non-hydrogen) atoms. The van der Waals surface area contributed by atoms with Gasteiger partial charge in [0.25, 0.3) is 0 Å². The van der Waals surface area contributed by atoms with Crippen LogP contribution in [0.25, 0.3) is 0 Å². The van der Waals surface area contributed by atoms with Crippen LogP contribution in [0.4, 0.5) is 4.39 Å². The lowest BCUT2D eigenvalue weighted by Crippen LogP contribution is -2.58. The first kappa shape index (κ1) is 14.2. The predicted molar refractivity (Wildman–Crippen MR) is 79.5 cm³/mol. The zero-order valence-corrected chi connectivity index (χ0v) is 12.5. The Hall–Kier alpha value is -1.75. The van der Waals surface area contributed by atoms with Crippen molar-refractivity contribution in [3.8, 4) is 0 Å². The quantitative estimate of drug-likeness (QED) is 0.917. The molecule has 0 saturated carbocycles. The van der Waals surface area contributed by atoms with Crippen molar-refractivity contribution in [3.63, 3.8) is 0 Å². The Labute approximate surface area is 124 Å². The van der Waals surface area contributed by atoms with E-state index in [1.54, 1.807) is 12.4 Å². The number of rotatable bonds is 5. The van der Waals surface area contributed by atoms with E-state index in [1.165, 1.54) is 6.07 Å². The van der Waals surface area contributed by atoms with Crippen molar-refractivity contribution < 1.29 is 4.39 Å². The molecule has 1 N–H and O–H groups in total. The minimum Gasteiger partial charge on any atom is -0.315 e. The Kier molecular flexibility index (Phi) is 3.76. The van der Waals surface area contributed by atoms with Gasteiger partial charge in [-0.05, 0) is 17.5 Å². The molecule has 2 heterocycles. The summed E-state index contributed by atoms with van der Waals surface area (Å²) in [7, 11) is 0. The van der Waals surface area contributed by atoms with Gasteiger partial charge in [-0.15, -0.1) is 0 Å². The third-order valence-electron chi connectivity index (χ3n) is 4.10. The van der Waals surface area contributed by atoms with Crippen molar-refractivity contribution in [2.24, 2.45) is 5.92 Å². The molecule has 4 nitrogen and oxygen atoms in total. The highest BCUT2D eigenvalue weighted by molar-refractivity contribution is 5.32. The fourth-order valence-electron chi connectivity index (χ4n) is 2.95. The number of hydrogen-bond donors (Lipinski definition) is 1. The standard InChI is InChI=1S/C16H21FN4/c1-12(2)8-21-15(19-11-20-21)7-16(9-18-10-16)13-5-3-4-6-14(13)17/h3-6,11-12,18H,7-10H2,1-2H3. The molecule has 0 atom stereocenters. The van der Waals surface area contributed by atoms with Gasteiger partial charge in [-0.25, -0.2) is 14.1 Å². The Bertz CT molecular complexity index is 616. The number of nitrogens with one attached hydrogen (secondary N) is 1. The Balaban J connectivity index is 1.89. The molecule has 1 aliphatic rings. The van der Waals surface area contributed by atoms with Gasteiger partial charge >= 0.3 is 0 Å². The van der Waals surface area contributed by atoms with Gasteiger partial charge in [0.1, 0.15) is 18.0 Å². The van der Waals surface area contributed by atoms with Crippen molar-refractivity contribution in [2.75, 3.05) is 13.1 Å². The maximum absolute atomic E-state index is 14.2. The van der Waals surface area contributed by atoms with Crippen LogP contribution in [0.15, 0.2) is 30.6 Å². The fraction of sp³-hybridized carbons (Fsp3) is 0.500. The molecule has 5 heteroatoms. The van der Waals surface area contributed by atoms with E-state index in [2.05, 4.69) is 29.2 Å². The minimum atomic E-state index is -0.201. The molecule has 1 aromatic heterocycles. The van der Waals surface area contributed by atoms with Crippen LogP contribution in [0, 0.1) is 11.7 Å². The second kappa shape index (κ2) is 5.56. The maximum Gasteiger partial charge on any atom is 0.138 e. The number of aromatic nitrogens is 3. The van der Waals surface area contributed by atoms with E-state index in [0.717, 1.165) is 31.0 Å². The lowest BCUT2D eigenvalue weighted by molar-refractivity contribution is 0.256. The van der Waals surface area contributed by atoms with E-state index in [9.17, 15) is 4.39 Å². The first-order valence-corrected chi connectivity index (χ1v) is 7.43. The second-order valence-corrected chi connectivity index (χ2v) is 6.29. The predicted octanol–water partition coefficient (Wildman–Crippen LogP) is 2.16. The van der Waals surface area contributed by atoms with Crippen LogP contribution in [0.1, 0.15) is 25.2 Å². The Morgan fingerprint density at radius 1 is 1.33 bits per heavy atom. The smallest absolute Gasteiger partial charge is 0.138 e. The van der Waals surface area contributed by atoms with Crippen molar-refractivity contribution in [2.45, 2.75) is 32.2 Å². The molecule has 0 radical (unpaired) electrons. The summed E-state index contributed by atoms with van der Waals surface area (Å²) in [5, 5.41) is 7.58. The van der Waals surface area contributed by atoms with Crippen molar-refractivity contribution in [1.29, 1.82) is 0 Å². The summed E-state index contributed by atoms with van der Waals surface area (Å²) in [5.41, 5.74) is 0.579. The summed E-state index contributed by atoms with van der Waals surface area (Å²) in [6, 6.07) is 7.06. The summed E-state index contributed by atoms with van der Waals surface area (Å²) < 4.78 is 16.1. The average Bonchev–Trinajstić information content (AvgIpc) is 2.81. The molecule has 1 fully saturated rings. The normalized spacial score (nSPS) is 17.0. The molecule has 3 rings (SSSR count). The van der Waals surface area contributed by atoms with E-state index in [4.69, 9.17) is 0 Å². The minimum absolute atomic E-state index is 0.131. The van der Waals surface area contributed by atoms with Gasteiger partial charge in [0, 0.05) is 31.5 Å². The molecular formula is C16H21FN4. The van der Waals surface area contributed by atoms with Crippen molar-refractivity contribution >= 4 is 0 Å². The summed E-state index contributed by atoms with van der Waals surface area (Å²) in [6.07, 6.45) is 2.31. The van der Waals surface area contributed by atoms with Crippen LogP contribution < -0.4 is 5.32 Å². The van der Waals surface area contributed by atoms with E-state index < -0.39 is 0 Å². The van der Waals surface area contributed by atoms with Gasteiger partial charge in [-0.2, -0.15) is 5.10 Å². The molecule has 0 bridgehead atoms. The number of hydrogen-bond acceptors (Lipinski definition) is 3. The summed E-state index contributed by atoms with van der Waals surface area (Å²) >= 11 is 0. The molecule has 112 valence electrons. The van der Waals surface area contributed by atoms with Crippen LogP contribution >= 0.6 is 0 Å². The highest BCUT2D eigenvalue weighted by atomic mass is 19.1. The lowest BCUT2D eigenvalue weighted by Gasteiger charge is -2.43. The van der Waals surface area contributed by atoms with Crippen LogP contribution in [-0.2, 0) is 18.4 Å². The highest BCUT2D eigenvalue weighted by Crippen LogP contribution is 2.33.